The van der Waals surface area contributed by atoms with Crippen molar-refractivity contribution in [2.24, 2.45) is 11.7 Å². The maximum absolute atomic E-state index is 5.78. The van der Waals surface area contributed by atoms with Gasteiger partial charge in [0.2, 0.25) is 0 Å². The second-order valence-electron chi connectivity index (χ2n) is 5.55. The summed E-state index contributed by atoms with van der Waals surface area (Å²) in [6, 6.07) is 7.99. The van der Waals surface area contributed by atoms with Crippen molar-refractivity contribution in [1.29, 1.82) is 0 Å². The average Bonchev–Trinajstić information content (AvgIpc) is 2.48. The van der Waals surface area contributed by atoms with E-state index >= 15 is 0 Å². The van der Waals surface area contributed by atoms with Crippen LogP contribution < -0.4 is 10.5 Å². The Labute approximate surface area is 121 Å². The highest BCUT2D eigenvalue weighted by molar-refractivity contribution is 5.28. The summed E-state index contributed by atoms with van der Waals surface area (Å²) in [4.78, 5) is 2.33. The number of hydrogen-bond acceptors (Lipinski definition) is 4. The number of rotatable bonds is 7. The number of nitrogens with two attached hydrogens (primary N) is 1. The third-order valence-corrected chi connectivity index (χ3v) is 3.70. The Morgan fingerprint density at radius 2 is 2.35 bits per heavy atom. The molecule has 2 rings (SSSR count). The van der Waals surface area contributed by atoms with E-state index in [9.17, 15) is 0 Å². The molecule has 0 amide bonds. The molecule has 0 radical (unpaired) electrons. The Morgan fingerprint density at radius 1 is 1.45 bits per heavy atom. The van der Waals surface area contributed by atoms with Crippen LogP contribution in [0.15, 0.2) is 24.3 Å². The van der Waals surface area contributed by atoms with Gasteiger partial charge in [-0.2, -0.15) is 0 Å². The molecule has 1 atom stereocenters. The molecule has 112 valence electrons. The maximum atomic E-state index is 5.78. The Morgan fingerprint density at radius 3 is 3.10 bits per heavy atom. The van der Waals surface area contributed by atoms with Crippen molar-refractivity contribution in [2.45, 2.75) is 19.4 Å². The van der Waals surface area contributed by atoms with Gasteiger partial charge >= 0.3 is 0 Å². The van der Waals surface area contributed by atoms with Gasteiger partial charge in [0.05, 0.1) is 6.61 Å². The first kappa shape index (κ1) is 15.3. The Kier molecular flexibility index (Phi) is 6.30. The minimum atomic E-state index is 0.554. The summed E-state index contributed by atoms with van der Waals surface area (Å²) in [6.45, 7) is 5.12. The molecule has 4 nitrogen and oxygen atoms in total. The van der Waals surface area contributed by atoms with Crippen LogP contribution in [0.1, 0.15) is 18.4 Å². The lowest BCUT2D eigenvalue weighted by molar-refractivity contribution is 0.0405. The van der Waals surface area contributed by atoms with Gasteiger partial charge in [0, 0.05) is 26.2 Å². The van der Waals surface area contributed by atoms with Crippen LogP contribution in [0.25, 0.3) is 0 Å². The van der Waals surface area contributed by atoms with Gasteiger partial charge in [-0.1, -0.05) is 12.1 Å². The molecule has 0 aromatic heterocycles. The predicted octanol–water partition coefficient (Wildman–Crippen LogP) is 1.88. The van der Waals surface area contributed by atoms with Crippen LogP contribution in [0, 0.1) is 5.92 Å². The minimum absolute atomic E-state index is 0.554. The summed E-state index contributed by atoms with van der Waals surface area (Å²) in [5, 5.41) is 0. The molecule has 1 aliphatic rings. The highest BCUT2D eigenvalue weighted by atomic mass is 16.5. The SMILES string of the molecule is CN(CCOc1cccc(CN)c1)CC1CCCOC1. The molecule has 0 aliphatic carbocycles. The molecule has 1 aromatic carbocycles. The third-order valence-electron chi connectivity index (χ3n) is 3.70. The van der Waals surface area contributed by atoms with Gasteiger partial charge in [-0.05, 0) is 43.5 Å². The molecule has 2 N–H and O–H groups in total. The number of hydrogen-bond donors (Lipinski definition) is 1. The van der Waals surface area contributed by atoms with E-state index < -0.39 is 0 Å². The van der Waals surface area contributed by atoms with Crippen LogP contribution in [-0.2, 0) is 11.3 Å². The van der Waals surface area contributed by atoms with Crippen LogP contribution in [-0.4, -0.2) is 44.9 Å². The first-order chi connectivity index (χ1) is 9.78. The summed E-state index contributed by atoms with van der Waals surface area (Å²) < 4.78 is 11.3. The van der Waals surface area contributed by atoms with Gasteiger partial charge in [0.1, 0.15) is 12.4 Å². The zero-order valence-electron chi connectivity index (χ0n) is 12.4. The van der Waals surface area contributed by atoms with Gasteiger partial charge in [-0.15, -0.1) is 0 Å². The fraction of sp³-hybridized carbons (Fsp3) is 0.625. The largest absolute Gasteiger partial charge is 0.492 e. The van der Waals surface area contributed by atoms with Gasteiger partial charge in [-0.25, -0.2) is 0 Å². The molecule has 0 spiro atoms. The van der Waals surface area contributed by atoms with E-state index in [1.807, 2.05) is 24.3 Å². The van der Waals surface area contributed by atoms with Gasteiger partial charge in [-0.3, -0.25) is 0 Å². The summed E-state index contributed by atoms with van der Waals surface area (Å²) in [6.07, 6.45) is 2.48. The zero-order chi connectivity index (χ0) is 14.2. The third kappa shape index (κ3) is 5.12. The number of likely N-dealkylation sites (N-methyl/N-ethyl adjacent to an activating group) is 1. The molecule has 1 heterocycles. The quantitative estimate of drug-likeness (QED) is 0.827. The number of benzene rings is 1. The van der Waals surface area contributed by atoms with Crippen molar-refractivity contribution in [3.63, 3.8) is 0 Å². The summed E-state index contributed by atoms with van der Waals surface area (Å²) in [5.41, 5.74) is 6.73. The van der Waals surface area contributed by atoms with Crippen molar-refractivity contribution in [2.75, 3.05) is 40.0 Å². The highest BCUT2D eigenvalue weighted by Crippen LogP contribution is 2.15. The van der Waals surface area contributed by atoms with Gasteiger partial charge < -0.3 is 20.1 Å². The Hall–Kier alpha value is -1.10. The first-order valence-electron chi connectivity index (χ1n) is 7.46. The molecule has 1 unspecified atom stereocenters. The van der Waals surface area contributed by atoms with Crippen LogP contribution in [0.3, 0.4) is 0 Å². The van der Waals surface area contributed by atoms with Crippen LogP contribution in [0.4, 0.5) is 0 Å². The van der Waals surface area contributed by atoms with E-state index in [-0.39, 0.29) is 0 Å². The minimum Gasteiger partial charge on any atom is -0.492 e. The molecule has 1 fully saturated rings. The highest BCUT2D eigenvalue weighted by Gasteiger charge is 2.15. The lowest BCUT2D eigenvalue weighted by Gasteiger charge is -2.27. The average molecular weight is 278 g/mol. The van der Waals surface area contributed by atoms with Crippen molar-refractivity contribution < 1.29 is 9.47 Å². The molecule has 1 aliphatic heterocycles. The van der Waals surface area contributed by atoms with E-state index in [1.54, 1.807) is 0 Å². The van der Waals surface area contributed by atoms with Crippen LogP contribution >= 0.6 is 0 Å². The van der Waals surface area contributed by atoms with E-state index in [4.69, 9.17) is 15.2 Å². The van der Waals surface area contributed by atoms with Crippen molar-refractivity contribution in [3.05, 3.63) is 29.8 Å². The fourth-order valence-electron chi connectivity index (χ4n) is 2.57. The second kappa shape index (κ2) is 8.25. The molecule has 20 heavy (non-hydrogen) atoms. The van der Waals surface area contributed by atoms with E-state index in [2.05, 4.69) is 11.9 Å². The van der Waals surface area contributed by atoms with Crippen molar-refractivity contribution in [3.8, 4) is 5.75 Å². The van der Waals surface area contributed by atoms with E-state index in [0.717, 1.165) is 37.6 Å². The van der Waals surface area contributed by atoms with Crippen LogP contribution in [0.2, 0.25) is 0 Å². The molecule has 1 saturated heterocycles. The monoisotopic (exact) mass is 278 g/mol. The molecule has 0 bridgehead atoms. The molecule has 1 aromatic rings. The summed E-state index contributed by atoms with van der Waals surface area (Å²) in [7, 11) is 2.15. The maximum Gasteiger partial charge on any atom is 0.119 e. The standard InChI is InChI=1S/C16H26N2O2/c1-18(12-15-5-3-8-19-13-15)7-9-20-16-6-2-4-14(10-16)11-17/h2,4,6,10,15H,3,5,7-9,11-13,17H2,1H3. The lowest BCUT2D eigenvalue weighted by atomic mass is 10.0. The van der Waals surface area contributed by atoms with Gasteiger partial charge in [0.15, 0.2) is 0 Å². The molecular weight excluding hydrogens is 252 g/mol. The summed E-state index contributed by atoms with van der Waals surface area (Å²) in [5.74, 6) is 1.58. The normalized spacial score (nSPS) is 19.2. The lowest BCUT2D eigenvalue weighted by Crippen LogP contribution is -2.33. The van der Waals surface area contributed by atoms with Crippen molar-refractivity contribution >= 4 is 0 Å². The van der Waals surface area contributed by atoms with Gasteiger partial charge in [0.25, 0.3) is 0 Å². The zero-order valence-corrected chi connectivity index (χ0v) is 12.4. The Bertz CT molecular complexity index is 392. The van der Waals surface area contributed by atoms with Crippen molar-refractivity contribution in [1.82, 2.24) is 4.90 Å². The molecule has 4 heteroatoms. The number of nitrogens with zero attached hydrogens (tertiary/aromatic N) is 1. The van der Waals surface area contributed by atoms with Crippen LogP contribution in [0.5, 0.6) is 5.75 Å². The smallest absolute Gasteiger partial charge is 0.119 e. The second-order valence-corrected chi connectivity index (χ2v) is 5.55. The fourth-order valence-corrected chi connectivity index (χ4v) is 2.57. The topological polar surface area (TPSA) is 47.7 Å². The predicted molar refractivity (Wildman–Crippen MR) is 80.9 cm³/mol. The van der Waals surface area contributed by atoms with E-state index in [1.165, 1.54) is 12.8 Å². The Balaban J connectivity index is 1.66. The molecule has 0 saturated carbocycles. The van der Waals surface area contributed by atoms with E-state index in [0.29, 0.717) is 19.1 Å². The summed E-state index contributed by atoms with van der Waals surface area (Å²) >= 11 is 0. The molecular formula is C16H26N2O2. The number of ether oxygens (including phenoxy) is 2. The first-order valence-corrected chi connectivity index (χ1v) is 7.46.